The SMILES string of the molecule is CC(C)c1cc(C#Cc2ccccc2)c(O)c2nc(-c3[c-]c4c(cc3)C(C)(C)c3ccccc3N4c3ccccn3)ccc12.[Pt]. The standard InChI is InChI=1S/C40H32N3O.Pt/c1-26(2)31-24-29(18-17-27-12-6-5-7-13-27)39(44)38-30(31)20-22-34(42-38)28-19-21-33-36(25-28)43(37-16-10-11-23-41-37)35-15-9-8-14-32(35)40(33,3)4;/h5-16,19-24,26,44H,1-4H3;/q-1;. The summed E-state index contributed by atoms with van der Waals surface area (Å²) in [5.41, 5.74) is 8.88. The molecule has 0 unspecified atom stereocenters. The predicted octanol–water partition coefficient (Wildman–Crippen LogP) is 9.43. The molecular weight excluding hydrogens is 734 g/mol. The van der Waals surface area contributed by atoms with Crippen LogP contribution in [0.25, 0.3) is 22.2 Å². The maximum atomic E-state index is 11.5. The van der Waals surface area contributed by atoms with Crippen LogP contribution in [0.1, 0.15) is 61.4 Å². The molecule has 7 rings (SSSR count). The van der Waals surface area contributed by atoms with Crippen molar-refractivity contribution in [2.45, 2.75) is 39.0 Å². The van der Waals surface area contributed by atoms with Crippen molar-refractivity contribution in [3.8, 4) is 28.8 Å². The molecule has 3 heterocycles. The zero-order valence-corrected chi connectivity index (χ0v) is 27.8. The third-order valence-corrected chi connectivity index (χ3v) is 8.52. The number of hydrogen-bond acceptors (Lipinski definition) is 4. The number of nitrogens with zero attached hydrogens (tertiary/aromatic N) is 3. The van der Waals surface area contributed by atoms with E-state index in [1.165, 1.54) is 5.56 Å². The number of aromatic hydroxyl groups is 1. The minimum Gasteiger partial charge on any atom is -0.504 e. The molecule has 0 spiro atoms. The molecule has 0 amide bonds. The van der Waals surface area contributed by atoms with E-state index in [1.807, 2.05) is 66.9 Å². The molecule has 5 heteroatoms. The summed E-state index contributed by atoms with van der Waals surface area (Å²) in [6.45, 7) is 8.81. The summed E-state index contributed by atoms with van der Waals surface area (Å²) < 4.78 is 0. The molecule has 2 aromatic heterocycles. The molecule has 45 heavy (non-hydrogen) atoms. The maximum Gasteiger partial charge on any atom is 0.156 e. The fourth-order valence-corrected chi connectivity index (χ4v) is 6.18. The summed E-state index contributed by atoms with van der Waals surface area (Å²) in [6, 6.07) is 38.3. The molecule has 6 aromatic rings. The summed E-state index contributed by atoms with van der Waals surface area (Å²) in [7, 11) is 0. The fourth-order valence-electron chi connectivity index (χ4n) is 6.18. The van der Waals surface area contributed by atoms with E-state index in [0.29, 0.717) is 11.1 Å². The van der Waals surface area contributed by atoms with Crippen LogP contribution in [0, 0.1) is 17.9 Å². The number of benzene rings is 4. The van der Waals surface area contributed by atoms with Gasteiger partial charge < -0.3 is 10.0 Å². The number of pyridine rings is 2. The predicted molar refractivity (Wildman–Crippen MR) is 179 cm³/mol. The first-order valence-corrected chi connectivity index (χ1v) is 14.9. The van der Waals surface area contributed by atoms with Gasteiger partial charge in [-0.1, -0.05) is 99.7 Å². The number of fused-ring (bicyclic) bond motifs is 3. The van der Waals surface area contributed by atoms with Gasteiger partial charge in [-0.05, 0) is 70.2 Å². The fraction of sp³-hybridized carbons (Fsp3) is 0.150. The van der Waals surface area contributed by atoms with Gasteiger partial charge in [0.15, 0.2) is 5.75 Å². The number of rotatable bonds is 3. The molecular formula is C40H32N3OPt-. The molecule has 0 saturated carbocycles. The van der Waals surface area contributed by atoms with Crippen molar-refractivity contribution < 1.29 is 26.2 Å². The van der Waals surface area contributed by atoms with Crippen molar-refractivity contribution >= 4 is 28.1 Å². The third kappa shape index (κ3) is 5.32. The third-order valence-electron chi connectivity index (χ3n) is 8.52. The van der Waals surface area contributed by atoms with E-state index in [9.17, 15) is 5.11 Å². The van der Waals surface area contributed by atoms with E-state index in [1.54, 1.807) is 0 Å². The van der Waals surface area contributed by atoms with Crippen molar-refractivity contribution in [3.63, 3.8) is 0 Å². The quantitative estimate of drug-likeness (QED) is 0.144. The number of anilines is 3. The van der Waals surface area contributed by atoms with Crippen LogP contribution in [0.2, 0.25) is 0 Å². The largest absolute Gasteiger partial charge is 0.504 e. The van der Waals surface area contributed by atoms with Crippen molar-refractivity contribution in [1.29, 1.82) is 0 Å². The number of phenols is 1. The van der Waals surface area contributed by atoms with E-state index in [4.69, 9.17) is 9.97 Å². The van der Waals surface area contributed by atoms with Gasteiger partial charge in [-0.25, -0.2) is 4.98 Å². The summed E-state index contributed by atoms with van der Waals surface area (Å²) in [5.74, 6) is 7.55. The molecule has 0 aliphatic carbocycles. The Bertz CT molecular complexity index is 2090. The van der Waals surface area contributed by atoms with Gasteiger partial charge in [-0.2, -0.15) is 0 Å². The summed E-state index contributed by atoms with van der Waals surface area (Å²) in [6.07, 6.45) is 1.82. The van der Waals surface area contributed by atoms with Crippen molar-refractivity contribution in [1.82, 2.24) is 9.97 Å². The number of aromatic nitrogens is 2. The molecule has 4 aromatic carbocycles. The van der Waals surface area contributed by atoms with E-state index >= 15 is 0 Å². The van der Waals surface area contributed by atoms with Crippen LogP contribution >= 0.6 is 0 Å². The van der Waals surface area contributed by atoms with Crippen molar-refractivity contribution in [3.05, 3.63) is 143 Å². The van der Waals surface area contributed by atoms with Gasteiger partial charge in [0.2, 0.25) is 0 Å². The molecule has 0 radical (unpaired) electrons. The van der Waals surface area contributed by atoms with Crippen molar-refractivity contribution in [2.75, 3.05) is 4.90 Å². The average molecular weight is 766 g/mol. The summed E-state index contributed by atoms with van der Waals surface area (Å²) in [4.78, 5) is 12.0. The number of hydrogen-bond donors (Lipinski definition) is 1. The molecule has 0 bridgehead atoms. The first kappa shape index (κ1) is 30.3. The second kappa shape index (κ2) is 12.0. The van der Waals surface area contributed by atoms with Crippen LogP contribution in [0.4, 0.5) is 17.2 Å². The van der Waals surface area contributed by atoms with E-state index < -0.39 is 0 Å². The Kier molecular flexibility index (Phi) is 8.08. The van der Waals surface area contributed by atoms with Crippen molar-refractivity contribution in [2.24, 2.45) is 0 Å². The monoisotopic (exact) mass is 765 g/mol. The Morgan fingerprint density at radius 3 is 2.33 bits per heavy atom. The van der Waals surface area contributed by atoms with Crippen LogP contribution < -0.4 is 4.90 Å². The second-order valence-corrected chi connectivity index (χ2v) is 12.0. The topological polar surface area (TPSA) is 49.3 Å². The smallest absolute Gasteiger partial charge is 0.156 e. The van der Waals surface area contributed by atoms with Crippen LogP contribution in [0.15, 0.2) is 109 Å². The Balaban J connectivity index is 0.00000357. The second-order valence-electron chi connectivity index (χ2n) is 12.0. The van der Waals surface area contributed by atoms with Gasteiger partial charge in [-0.3, -0.25) is 4.98 Å². The molecule has 0 saturated heterocycles. The summed E-state index contributed by atoms with van der Waals surface area (Å²) >= 11 is 0. The maximum absolute atomic E-state index is 11.5. The first-order valence-electron chi connectivity index (χ1n) is 14.9. The van der Waals surface area contributed by atoms with E-state index in [2.05, 4.69) is 93.0 Å². The Morgan fingerprint density at radius 2 is 1.58 bits per heavy atom. The zero-order valence-electron chi connectivity index (χ0n) is 25.6. The minimum atomic E-state index is -0.236. The first-order chi connectivity index (χ1) is 21.3. The van der Waals surface area contributed by atoms with Crippen LogP contribution in [0.3, 0.4) is 0 Å². The number of phenolic OH excluding ortho intramolecular Hbond substituents is 1. The Hall–Kier alpha value is -4.71. The molecule has 0 fully saturated rings. The molecule has 1 aliphatic heterocycles. The molecule has 1 N–H and O–H groups in total. The van der Waals surface area contributed by atoms with Crippen LogP contribution in [-0.4, -0.2) is 15.1 Å². The Morgan fingerprint density at radius 1 is 0.822 bits per heavy atom. The normalized spacial score (nSPS) is 13.0. The van der Waals surface area contributed by atoms with Gasteiger partial charge >= 0.3 is 0 Å². The molecule has 0 atom stereocenters. The van der Waals surface area contributed by atoms with Gasteiger partial charge in [0.25, 0.3) is 0 Å². The van der Waals surface area contributed by atoms with Gasteiger partial charge in [0.1, 0.15) is 11.3 Å². The van der Waals surface area contributed by atoms with Gasteiger partial charge in [0.05, 0.1) is 5.56 Å². The van der Waals surface area contributed by atoms with E-state index in [-0.39, 0.29) is 38.1 Å². The summed E-state index contributed by atoms with van der Waals surface area (Å²) in [5, 5.41) is 12.4. The van der Waals surface area contributed by atoms with Crippen LogP contribution in [-0.2, 0) is 26.5 Å². The van der Waals surface area contributed by atoms with Crippen LogP contribution in [0.5, 0.6) is 5.75 Å². The van der Waals surface area contributed by atoms with E-state index in [0.717, 1.165) is 50.5 Å². The zero-order chi connectivity index (χ0) is 30.4. The molecule has 1 aliphatic rings. The number of para-hydroxylation sites is 1. The Labute approximate surface area is 279 Å². The van der Waals surface area contributed by atoms with Gasteiger partial charge in [0, 0.05) is 43.9 Å². The van der Waals surface area contributed by atoms with Gasteiger partial charge in [-0.15, -0.1) is 23.8 Å². The molecule has 224 valence electrons. The minimum absolute atomic E-state index is 0. The average Bonchev–Trinajstić information content (AvgIpc) is 3.05. The molecule has 4 nitrogen and oxygen atoms in total.